The highest BCUT2D eigenvalue weighted by molar-refractivity contribution is 6.30. The van der Waals surface area contributed by atoms with E-state index in [2.05, 4.69) is 5.10 Å². The molecule has 0 unspecified atom stereocenters. The number of carbonyl (C=O) groups is 1. The minimum absolute atomic E-state index is 0.0131. The lowest BCUT2D eigenvalue weighted by atomic mass is 10.3. The van der Waals surface area contributed by atoms with E-state index in [9.17, 15) is 9.18 Å². The SMILES string of the molecule is Cc1nn(C)c(Oc2ccc(Cl)c(F)c2)c1C=O. The van der Waals surface area contributed by atoms with Crippen molar-refractivity contribution in [2.24, 2.45) is 7.05 Å². The van der Waals surface area contributed by atoms with Crippen LogP contribution in [0.15, 0.2) is 18.2 Å². The van der Waals surface area contributed by atoms with Crippen molar-refractivity contribution in [1.29, 1.82) is 0 Å². The number of hydrogen-bond acceptors (Lipinski definition) is 3. The maximum absolute atomic E-state index is 13.3. The molecule has 2 aromatic rings. The fourth-order valence-corrected chi connectivity index (χ4v) is 1.68. The summed E-state index contributed by atoms with van der Waals surface area (Å²) < 4.78 is 20.1. The Morgan fingerprint density at radius 1 is 1.50 bits per heavy atom. The molecule has 0 atom stereocenters. The number of nitrogens with zero attached hydrogens (tertiary/aromatic N) is 2. The van der Waals surface area contributed by atoms with Crippen molar-refractivity contribution in [1.82, 2.24) is 9.78 Å². The van der Waals surface area contributed by atoms with E-state index in [0.717, 1.165) is 6.07 Å². The molecule has 18 heavy (non-hydrogen) atoms. The Morgan fingerprint density at radius 3 is 2.83 bits per heavy atom. The van der Waals surface area contributed by atoms with Gasteiger partial charge < -0.3 is 4.74 Å². The van der Waals surface area contributed by atoms with E-state index < -0.39 is 5.82 Å². The number of aldehydes is 1. The number of aromatic nitrogens is 2. The van der Waals surface area contributed by atoms with E-state index in [0.29, 0.717) is 17.5 Å². The number of carbonyl (C=O) groups excluding carboxylic acids is 1. The summed E-state index contributed by atoms with van der Waals surface area (Å²) in [7, 11) is 1.64. The maximum Gasteiger partial charge on any atom is 0.228 e. The fraction of sp³-hybridized carbons (Fsp3) is 0.167. The highest BCUT2D eigenvalue weighted by atomic mass is 35.5. The first-order chi connectivity index (χ1) is 8.52. The molecule has 1 aromatic heterocycles. The number of rotatable bonds is 3. The van der Waals surface area contributed by atoms with Crippen molar-refractivity contribution in [3.63, 3.8) is 0 Å². The van der Waals surface area contributed by atoms with Gasteiger partial charge in [-0.25, -0.2) is 9.07 Å². The lowest BCUT2D eigenvalue weighted by molar-refractivity contribution is 0.112. The zero-order chi connectivity index (χ0) is 13.3. The lowest BCUT2D eigenvalue weighted by Crippen LogP contribution is -1.97. The van der Waals surface area contributed by atoms with Crippen LogP contribution in [0, 0.1) is 12.7 Å². The van der Waals surface area contributed by atoms with Gasteiger partial charge in [-0.2, -0.15) is 5.10 Å². The van der Waals surface area contributed by atoms with Gasteiger partial charge in [0.05, 0.1) is 16.3 Å². The molecule has 0 aliphatic carbocycles. The normalized spacial score (nSPS) is 10.4. The van der Waals surface area contributed by atoms with E-state index in [1.807, 2.05) is 0 Å². The Morgan fingerprint density at radius 2 is 2.22 bits per heavy atom. The molecule has 2 rings (SSSR count). The Hall–Kier alpha value is -1.88. The summed E-state index contributed by atoms with van der Waals surface area (Å²) in [6, 6.07) is 4.05. The molecule has 94 valence electrons. The molecule has 0 fully saturated rings. The van der Waals surface area contributed by atoms with Gasteiger partial charge in [0.1, 0.15) is 11.6 Å². The smallest absolute Gasteiger partial charge is 0.228 e. The molecule has 0 amide bonds. The first-order valence-electron chi connectivity index (χ1n) is 5.14. The Labute approximate surface area is 108 Å². The molecule has 0 N–H and O–H groups in total. The first kappa shape index (κ1) is 12.6. The molecule has 0 radical (unpaired) electrons. The van der Waals surface area contributed by atoms with Gasteiger partial charge in [0.25, 0.3) is 0 Å². The zero-order valence-corrected chi connectivity index (χ0v) is 10.5. The number of hydrogen-bond donors (Lipinski definition) is 0. The third-order valence-corrected chi connectivity index (χ3v) is 2.74. The van der Waals surface area contributed by atoms with Crippen LogP contribution in [-0.2, 0) is 7.05 Å². The van der Waals surface area contributed by atoms with Gasteiger partial charge in [-0.3, -0.25) is 4.79 Å². The predicted molar refractivity (Wildman–Crippen MR) is 64.8 cm³/mol. The Kier molecular flexibility index (Phi) is 3.34. The molecule has 0 saturated carbocycles. The van der Waals surface area contributed by atoms with E-state index >= 15 is 0 Å². The van der Waals surface area contributed by atoms with Crippen molar-refractivity contribution in [3.05, 3.63) is 40.3 Å². The van der Waals surface area contributed by atoms with Gasteiger partial charge in [-0.05, 0) is 19.1 Å². The van der Waals surface area contributed by atoms with Gasteiger partial charge >= 0.3 is 0 Å². The van der Waals surface area contributed by atoms with E-state index in [1.54, 1.807) is 14.0 Å². The summed E-state index contributed by atoms with van der Waals surface area (Å²) in [5.41, 5.74) is 0.893. The Bertz CT molecular complexity index is 610. The quantitative estimate of drug-likeness (QED) is 0.804. The van der Waals surface area contributed by atoms with Crippen molar-refractivity contribution >= 4 is 17.9 Å². The summed E-state index contributed by atoms with van der Waals surface area (Å²) in [5.74, 6) is -0.0621. The molecule has 0 saturated heterocycles. The number of halogens is 2. The van der Waals surface area contributed by atoms with E-state index in [-0.39, 0.29) is 16.7 Å². The average molecular weight is 269 g/mol. The summed E-state index contributed by atoms with van der Waals surface area (Å²) >= 11 is 5.57. The molecule has 0 aliphatic heterocycles. The molecule has 0 bridgehead atoms. The minimum atomic E-state index is -0.583. The van der Waals surface area contributed by atoms with Gasteiger partial charge in [0.2, 0.25) is 5.88 Å². The first-order valence-corrected chi connectivity index (χ1v) is 5.52. The molecular weight excluding hydrogens is 259 g/mol. The van der Waals surface area contributed by atoms with Crippen LogP contribution in [-0.4, -0.2) is 16.1 Å². The van der Waals surface area contributed by atoms with Gasteiger partial charge in [-0.15, -0.1) is 0 Å². The molecule has 1 heterocycles. The van der Waals surface area contributed by atoms with Crippen molar-refractivity contribution in [2.45, 2.75) is 6.92 Å². The molecule has 6 heteroatoms. The second kappa shape index (κ2) is 4.78. The molecule has 4 nitrogen and oxygen atoms in total. The van der Waals surface area contributed by atoms with Crippen LogP contribution in [0.25, 0.3) is 0 Å². The topological polar surface area (TPSA) is 44.1 Å². The van der Waals surface area contributed by atoms with Crippen LogP contribution in [0.4, 0.5) is 4.39 Å². The van der Waals surface area contributed by atoms with Crippen molar-refractivity contribution in [2.75, 3.05) is 0 Å². The van der Waals surface area contributed by atoms with Gasteiger partial charge in [0, 0.05) is 13.1 Å². The van der Waals surface area contributed by atoms with Crippen LogP contribution in [0.3, 0.4) is 0 Å². The van der Waals surface area contributed by atoms with Crippen LogP contribution < -0.4 is 4.74 Å². The summed E-state index contributed by atoms with van der Waals surface area (Å²) in [4.78, 5) is 10.9. The molecule has 0 aliphatic rings. The van der Waals surface area contributed by atoms with Crippen molar-refractivity contribution < 1.29 is 13.9 Å². The van der Waals surface area contributed by atoms with Crippen LogP contribution >= 0.6 is 11.6 Å². The van der Waals surface area contributed by atoms with Crippen LogP contribution in [0.2, 0.25) is 5.02 Å². The molecular formula is C12H10ClFN2O2. The Balaban J connectivity index is 2.39. The van der Waals surface area contributed by atoms with E-state index in [1.165, 1.54) is 16.8 Å². The fourth-order valence-electron chi connectivity index (χ4n) is 1.56. The predicted octanol–water partition coefficient (Wildman–Crippen LogP) is 3.13. The third kappa shape index (κ3) is 2.22. The number of aryl methyl sites for hydroxylation is 2. The van der Waals surface area contributed by atoms with Crippen molar-refractivity contribution in [3.8, 4) is 11.6 Å². The molecule has 0 spiro atoms. The highest BCUT2D eigenvalue weighted by Crippen LogP contribution is 2.28. The monoisotopic (exact) mass is 268 g/mol. The number of benzene rings is 1. The standard InChI is InChI=1S/C12H10ClFN2O2/c1-7-9(6-17)12(16(2)15-7)18-8-3-4-10(13)11(14)5-8/h3-6H,1-2H3. The minimum Gasteiger partial charge on any atom is -0.438 e. The summed E-state index contributed by atoms with van der Waals surface area (Å²) in [6.45, 7) is 1.69. The third-order valence-electron chi connectivity index (χ3n) is 2.44. The summed E-state index contributed by atoms with van der Waals surface area (Å²) in [6.07, 6.45) is 0.657. The van der Waals surface area contributed by atoms with Gasteiger partial charge in [-0.1, -0.05) is 11.6 Å². The maximum atomic E-state index is 13.3. The second-order valence-corrected chi connectivity index (χ2v) is 4.13. The highest BCUT2D eigenvalue weighted by Gasteiger charge is 2.15. The number of ether oxygens (including phenoxy) is 1. The lowest BCUT2D eigenvalue weighted by Gasteiger charge is -2.06. The summed E-state index contributed by atoms with van der Waals surface area (Å²) in [5, 5.41) is 4.07. The van der Waals surface area contributed by atoms with E-state index in [4.69, 9.17) is 16.3 Å². The van der Waals surface area contributed by atoms with Crippen LogP contribution in [0.5, 0.6) is 11.6 Å². The molecule has 1 aromatic carbocycles. The van der Waals surface area contributed by atoms with Crippen LogP contribution in [0.1, 0.15) is 16.1 Å². The average Bonchev–Trinajstić information content (AvgIpc) is 2.58. The zero-order valence-electron chi connectivity index (χ0n) is 9.78. The van der Waals surface area contributed by atoms with Gasteiger partial charge in [0.15, 0.2) is 6.29 Å². The largest absolute Gasteiger partial charge is 0.438 e. The second-order valence-electron chi connectivity index (χ2n) is 3.72.